The molecule has 0 saturated carbocycles. The molecule has 0 heterocycles. The lowest BCUT2D eigenvalue weighted by Crippen LogP contribution is -2.42. The van der Waals surface area contributed by atoms with Crippen molar-refractivity contribution in [3.05, 3.63) is 39.0 Å². The zero-order valence-corrected chi connectivity index (χ0v) is 17.9. The number of fused-ring (bicyclic) bond motifs is 1. The van der Waals surface area contributed by atoms with E-state index >= 15 is 0 Å². The molecular formula is C21H27IO4. The van der Waals surface area contributed by atoms with Gasteiger partial charge >= 0.3 is 11.9 Å². The minimum atomic E-state index is -1.39. The standard InChI is InChI=1S/C21H27IO4/c1-4-7-8-13-17(22)18-16-12-10-9-11-15(16)14-21(18,19(23)25-5-2)20(24)26-6-3/h9-12H,4-8,13-14H2,1-3H3/b18-17+. The van der Waals surface area contributed by atoms with Gasteiger partial charge in [0.1, 0.15) is 0 Å². The number of allylic oxidation sites excluding steroid dienone is 1. The van der Waals surface area contributed by atoms with Crippen LogP contribution >= 0.6 is 22.6 Å². The third-order valence-corrected chi connectivity index (χ3v) is 5.77. The van der Waals surface area contributed by atoms with Gasteiger partial charge in [-0.25, -0.2) is 0 Å². The molecule has 1 aliphatic carbocycles. The van der Waals surface area contributed by atoms with E-state index in [-0.39, 0.29) is 13.2 Å². The van der Waals surface area contributed by atoms with Crippen molar-refractivity contribution < 1.29 is 19.1 Å². The van der Waals surface area contributed by atoms with Crippen LogP contribution in [0.3, 0.4) is 0 Å². The highest BCUT2D eigenvalue weighted by atomic mass is 127. The van der Waals surface area contributed by atoms with Gasteiger partial charge in [-0.15, -0.1) is 0 Å². The van der Waals surface area contributed by atoms with Crippen molar-refractivity contribution in [3.63, 3.8) is 0 Å². The monoisotopic (exact) mass is 470 g/mol. The summed E-state index contributed by atoms with van der Waals surface area (Å²) in [5.74, 6) is -1.01. The van der Waals surface area contributed by atoms with Crippen molar-refractivity contribution in [2.24, 2.45) is 5.41 Å². The Bertz CT molecular complexity index is 675. The van der Waals surface area contributed by atoms with Gasteiger partial charge in [-0.3, -0.25) is 9.59 Å². The molecule has 0 radical (unpaired) electrons. The number of ether oxygens (including phenoxy) is 2. The smallest absolute Gasteiger partial charge is 0.328 e. The van der Waals surface area contributed by atoms with Crippen LogP contribution < -0.4 is 0 Å². The molecule has 0 spiro atoms. The molecule has 26 heavy (non-hydrogen) atoms. The van der Waals surface area contributed by atoms with Crippen LogP contribution in [0.2, 0.25) is 0 Å². The Morgan fingerprint density at radius 1 is 1.04 bits per heavy atom. The molecule has 4 nitrogen and oxygen atoms in total. The number of carbonyl (C=O) groups is 2. The van der Waals surface area contributed by atoms with E-state index in [2.05, 4.69) is 29.5 Å². The van der Waals surface area contributed by atoms with Crippen LogP contribution in [-0.4, -0.2) is 25.2 Å². The molecule has 0 unspecified atom stereocenters. The van der Waals surface area contributed by atoms with Crippen LogP contribution in [-0.2, 0) is 25.5 Å². The zero-order chi connectivity index (χ0) is 19.2. The second-order valence-corrected chi connectivity index (χ2v) is 7.72. The SMILES string of the molecule is CCCCC/C(I)=C1/c2ccccc2CC1(C(=O)OCC)C(=O)OCC. The molecular weight excluding hydrogens is 443 g/mol. The van der Waals surface area contributed by atoms with E-state index in [4.69, 9.17) is 9.47 Å². The fourth-order valence-corrected chi connectivity index (χ4v) is 4.63. The molecule has 0 fully saturated rings. The topological polar surface area (TPSA) is 52.6 Å². The van der Waals surface area contributed by atoms with Crippen LogP contribution in [0.25, 0.3) is 5.57 Å². The lowest BCUT2D eigenvalue weighted by molar-refractivity contribution is -0.166. The van der Waals surface area contributed by atoms with Crippen LogP contribution in [0.5, 0.6) is 0 Å². The second kappa shape index (κ2) is 9.53. The Hall–Kier alpha value is -1.37. The molecule has 0 aromatic heterocycles. The summed E-state index contributed by atoms with van der Waals surface area (Å²) in [5.41, 5.74) is 1.35. The summed E-state index contributed by atoms with van der Waals surface area (Å²) in [4.78, 5) is 26.1. The largest absolute Gasteiger partial charge is 0.465 e. The number of hydrogen-bond donors (Lipinski definition) is 0. The van der Waals surface area contributed by atoms with Crippen molar-refractivity contribution in [2.75, 3.05) is 13.2 Å². The van der Waals surface area contributed by atoms with E-state index in [0.29, 0.717) is 6.42 Å². The lowest BCUT2D eigenvalue weighted by Gasteiger charge is -2.27. The fourth-order valence-electron chi connectivity index (χ4n) is 3.50. The summed E-state index contributed by atoms with van der Waals surface area (Å²) < 4.78 is 11.8. The average Bonchev–Trinajstić information content (AvgIpc) is 2.98. The number of rotatable bonds is 8. The molecule has 0 N–H and O–H groups in total. The molecule has 1 aromatic rings. The van der Waals surface area contributed by atoms with Crippen molar-refractivity contribution >= 4 is 40.1 Å². The summed E-state index contributed by atoms with van der Waals surface area (Å²) in [6.45, 7) is 6.14. The van der Waals surface area contributed by atoms with Crippen LogP contribution in [0.1, 0.15) is 57.6 Å². The van der Waals surface area contributed by atoms with E-state index in [1.54, 1.807) is 13.8 Å². The van der Waals surface area contributed by atoms with Crippen LogP contribution in [0, 0.1) is 5.41 Å². The first kappa shape index (κ1) is 20.9. The molecule has 0 atom stereocenters. The van der Waals surface area contributed by atoms with Gasteiger partial charge in [-0.1, -0.05) is 44.0 Å². The minimum Gasteiger partial charge on any atom is -0.465 e. The Balaban J connectivity index is 2.61. The van der Waals surface area contributed by atoms with Gasteiger partial charge in [0.15, 0.2) is 5.41 Å². The number of halogens is 1. The molecule has 0 saturated heterocycles. The van der Waals surface area contributed by atoms with E-state index in [0.717, 1.165) is 46.0 Å². The molecule has 1 aromatic carbocycles. The van der Waals surface area contributed by atoms with Crippen molar-refractivity contribution in [1.82, 2.24) is 0 Å². The number of carbonyl (C=O) groups excluding carboxylic acids is 2. The number of benzene rings is 1. The van der Waals surface area contributed by atoms with E-state index < -0.39 is 17.4 Å². The number of unbranched alkanes of at least 4 members (excludes halogenated alkanes) is 2. The molecule has 2 rings (SSSR count). The third kappa shape index (κ3) is 3.97. The summed E-state index contributed by atoms with van der Waals surface area (Å²) in [7, 11) is 0. The highest BCUT2D eigenvalue weighted by Crippen LogP contribution is 2.52. The number of hydrogen-bond acceptors (Lipinski definition) is 4. The Morgan fingerprint density at radius 3 is 2.23 bits per heavy atom. The summed E-state index contributed by atoms with van der Waals surface area (Å²) >= 11 is 2.29. The van der Waals surface area contributed by atoms with E-state index in [9.17, 15) is 9.59 Å². The van der Waals surface area contributed by atoms with Gasteiger partial charge < -0.3 is 9.47 Å². The first-order valence-corrected chi connectivity index (χ1v) is 10.4. The highest BCUT2D eigenvalue weighted by Gasteiger charge is 2.57. The summed E-state index contributed by atoms with van der Waals surface area (Å²) in [5, 5.41) is 0. The highest BCUT2D eigenvalue weighted by molar-refractivity contribution is 14.1. The maximum atomic E-state index is 13.0. The van der Waals surface area contributed by atoms with Crippen LogP contribution in [0.4, 0.5) is 0 Å². The van der Waals surface area contributed by atoms with Gasteiger partial charge in [0.05, 0.1) is 13.2 Å². The summed E-state index contributed by atoms with van der Waals surface area (Å²) in [6.07, 6.45) is 4.42. The van der Waals surface area contributed by atoms with E-state index in [1.165, 1.54) is 0 Å². The quantitative estimate of drug-likeness (QED) is 0.230. The van der Waals surface area contributed by atoms with Gasteiger partial charge in [0.2, 0.25) is 0 Å². The lowest BCUT2D eigenvalue weighted by atomic mass is 9.79. The van der Waals surface area contributed by atoms with Crippen molar-refractivity contribution in [1.29, 1.82) is 0 Å². The molecule has 142 valence electrons. The van der Waals surface area contributed by atoms with Crippen molar-refractivity contribution in [3.8, 4) is 0 Å². The molecule has 0 bridgehead atoms. The van der Waals surface area contributed by atoms with Crippen LogP contribution in [0.15, 0.2) is 27.8 Å². The Labute approximate surface area is 169 Å². The molecule has 1 aliphatic rings. The first-order valence-electron chi connectivity index (χ1n) is 9.34. The minimum absolute atomic E-state index is 0.232. The Kier molecular flexibility index (Phi) is 7.68. The first-order chi connectivity index (χ1) is 12.5. The normalized spacial score (nSPS) is 16.8. The molecule has 0 amide bonds. The second-order valence-electron chi connectivity index (χ2n) is 6.42. The summed E-state index contributed by atoms with van der Waals surface area (Å²) in [6, 6.07) is 7.85. The van der Waals surface area contributed by atoms with Crippen molar-refractivity contribution in [2.45, 2.75) is 52.9 Å². The molecule has 0 aliphatic heterocycles. The number of esters is 2. The van der Waals surface area contributed by atoms with Gasteiger partial charge in [0, 0.05) is 6.42 Å². The van der Waals surface area contributed by atoms with Gasteiger partial charge in [0.25, 0.3) is 0 Å². The predicted molar refractivity (Wildman–Crippen MR) is 111 cm³/mol. The van der Waals surface area contributed by atoms with Gasteiger partial charge in [-0.2, -0.15) is 0 Å². The van der Waals surface area contributed by atoms with Gasteiger partial charge in [-0.05, 0) is 69.6 Å². The maximum absolute atomic E-state index is 13.0. The predicted octanol–water partition coefficient (Wildman–Crippen LogP) is 5.08. The fraction of sp³-hybridized carbons (Fsp3) is 0.524. The Morgan fingerprint density at radius 2 is 1.65 bits per heavy atom. The third-order valence-electron chi connectivity index (χ3n) is 4.69. The maximum Gasteiger partial charge on any atom is 0.328 e. The average molecular weight is 470 g/mol. The molecule has 5 heteroatoms. The van der Waals surface area contributed by atoms with E-state index in [1.807, 2.05) is 24.3 Å². The zero-order valence-electron chi connectivity index (χ0n) is 15.8.